The summed E-state index contributed by atoms with van der Waals surface area (Å²) in [5.74, 6) is 0.306. The van der Waals surface area contributed by atoms with Gasteiger partial charge in [-0.05, 0) is 55.8 Å². The molecular formula is C23H26N6O2. The molecule has 4 aromatic rings. The highest BCUT2D eigenvalue weighted by molar-refractivity contribution is 6.16. The first-order valence-corrected chi connectivity index (χ1v) is 9.64. The predicted octanol–water partition coefficient (Wildman–Crippen LogP) is 4.10. The molecule has 0 saturated carbocycles. The van der Waals surface area contributed by atoms with E-state index in [1.165, 1.54) is 0 Å². The van der Waals surface area contributed by atoms with Crippen LogP contribution >= 0.6 is 0 Å². The van der Waals surface area contributed by atoms with E-state index in [2.05, 4.69) is 15.6 Å². The average Bonchev–Trinajstić information content (AvgIpc) is 3.23. The van der Waals surface area contributed by atoms with E-state index in [0.29, 0.717) is 39.5 Å². The standard InChI is InChI=1S/C23H22N6O2.2H2/c1-13-10-16-12-26-28-29(16)14(2)21(13)23(30)27-15-8-9-19(24)18(11-15)22(25)17-6-4-5-7-20(17)31-3;;/h4-12,25H,24H2,1-3H3,(H,27,30);2*1H. The number of nitrogens with one attached hydrogen (secondary N) is 2. The molecule has 0 fully saturated rings. The number of aryl methyl sites for hydroxylation is 2. The van der Waals surface area contributed by atoms with Crippen LogP contribution in [-0.2, 0) is 0 Å². The molecule has 2 aromatic carbocycles. The molecular weight excluding hydrogens is 392 g/mol. The summed E-state index contributed by atoms with van der Waals surface area (Å²) in [7, 11) is 1.56. The van der Waals surface area contributed by atoms with Crippen LogP contribution in [0.25, 0.3) is 5.52 Å². The molecule has 0 bridgehead atoms. The minimum atomic E-state index is -0.271. The number of carbonyl (C=O) groups is 1. The Morgan fingerprint density at radius 2 is 1.94 bits per heavy atom. The number of hydrogen-bond donors (Lipinski definition) is 3. The molecule has 0 aliphatic heterocycles. The molecule has 2 heterocycles. The van der Waals surface area contributed by atoms with E-state index in [9.17, 15) is 4.79 Å². The number of nitrogen functional groups attached to an aromatic ring is 1. The second-order valence-electron chi connectivity index (χ2n) is 7.19. The number of nitrogens with zero attached hydrogens (tertiary/aromatic N) is 3. The molecule has 8 heteroatoms. The van der Waals surface area contributed by atoms with Crippen molar-refractivity contribution in [1.82, 2.24) is 14.8 Å². The predicted molar refractivity (Wildman–Crippen MR) is 124 cm³/mol. The normalized spacial score (nSPS) is 10.8. The fourth-order valence-electron chi connectivity index (χ4n) is 3.67. The van der Waals surface area contributed by atoms with Crippen LogP contribution in [0.5, 0.6) is 5.75 Å². The van der Waals surface area contributed by atoms with Crippen LogP contribution < -0.4 is 15.8 Å². The number of anilines is 2. The summed E-state index contributed by atoms with van der Waals surface area (Å²) >= 11 is 0. The van der Waals surface area contributed by atoms with Crippen molar-refractivity contribution in [2.45, 2.75) is 13.8 Å². The SMILES string of the molecule is COc1ccccc1C(=N)c1cc(NC(=O)c2c(C)cc3cnnn3c2C)ccc1N.[HH].[HH]. The maximum atomic E-state index is 13.1. The molecule has 0 aliphatic carbocycles. The van der Waals surface area contributed by atoms with Gasteiger partial charge in [-0.3, -0.25) is 10.2 Å². The Kier molecular flexibility index (Phi) is 5.12. The van der Waals surface area contributed by atoms with E-state index < -0.39 is 0 Å². The average molecular weight is 419 g/mol. The molecule has 0 spiro atoms. The molecule has 0 aliphatic rings. The molecule has 0 atom stereocenters. The second-order valence-corrected chi connectivity index (χ2v) is 7.19. The van der Waals surface area contributed by atoms with Gasteiger partial charge in [-0.25, -0.2) is 4.52 Å². The molecule has 4 rings (SSSR count). The van der Waals surface area contributed by atoms with Gasteiger partial charge in [0.2, 0.25) is 0 Å². The number of pyridine rings is 1. The van der Waals surface area contributed by atoms with Crippen LogP contribution in [0.3, 0.4) is 0 Å². The summed E-state index contributed by atoms with van der Waals surface area (Å²) in [6, 6.07) is 14.2. The second kappa shape index (κ2) is 7.91. The lowest BCUT2D eigenvalue weighted by molar-refractivity contribution is 0.102. The Hall–Kier alpha value is -4.20. The summed E-state index contributed by atoms with van der Waals surface area (Å²) in [5, 5.41) is 19.5. The smallest absolute Gasteiger partial charge is 0.257 e. The lowest BCUT2D eigenvalue weighted by Crippen LogP contribution is -2.18. The van der Waals surface area contributed by atoms with Gasteiger partial charge in [0, 0.05) is 25.4 Å². The zero-order valence-corrected chi connectivity index (χ0v) is 17.4. The van der Waals surface area contributed by atoms with Crippen molar-refractivity contribution in [1.29, 1.82) is 5.41 Å². The number of amides is 1. The molecule has 0 saturated heterocycles. The van der Waals surface area contributed by atoms with Crippen LogP contribution in [0, 0.1) is 19.3 Å². The number of ether oxygens (including phenoxy) is 1. The molecule has 8 nitrogen and oxygen atoms in total. The molecule has 160 valence electrons. The summed E-state index contributed by atoms with van der Waals surface area (Å²) in [6.07, 6.45) is 1.65. The maximum Gasteiger partial charge on any atom is 0.257 e. The van der Waals surface area contributed by atoms with E-state index in [1.54, 1.807) is 48.2 Å². The molecule has 1 amide bonds. The number of nitrogens with two attached hydrogens (primary N) is 1. The molecule has 0 unspecified atom stereocenters. The third kappa shape index (κ3) is 3.59. The maximum absolute atomic E-state index is 13.1. The third-order valence-electron chi connectivity index (χ3n) is 5.20. The van der Waals surface area contributed by atoms with Crippen LogP contribution in [0.2, 0.25) is 0 Å². The fourth-order valence-corrected chi connectivity index (χ4v) is 3.67. The van der Waals surface area contributed by atoms with Crippen molar-refractivity contribution in [3.05, 3.63) is 82.7 Å². The Morgan fingerprint density at radius 3 is 2.71 bits per heavy atom. The first-order chi connectivity index (χ1) is 14.9. The van der Waals surface area contributed by atoms with E-state index >= 15 is 0 Å². The minimum absolute atomic E-state index is 0. The van der Waals surface area contributed by atoms with Crippen molar-refractivity contribution < 1.29 is 12.4 Å². The lowest BCUT2D eigenvalue weighted by atomic mass is 9.99. The van der Waals surface area contributed by atoms with Gasteiger partial charge in [0.1, 0.15) is 5.75 Å². The first-order valence-electron chi connectivity index (χ1n) is 9.64. The van der Waals surface area contributed by atoms with Crippen LogP contribution in [0.4, 0.5) is 11.4 Å². The monoisotopic (exact) mass is 418 g/mol. The zero-order valence-electron chi connectivity index (χ0n) is 17.4. The lowest BCUT2D eigenvalue weighted by Gasteiger charge is -2.15. The third-order valence-corrected chi connectivity index (χ3v) is 5.20. The number of methoxy groups -OCH3 is 1. The Labute approximate surface area is 182 Å². The van der Waals surface area contributed by atoms with Crippen LogP contribution in [0.15, 0.2) is 54.7 Å². The number of rotatable bonds is 5. The van der Waals surface area contributed by atoms with Gasteiger partial charge in [-0.1, -0.05) is 17.3 Å². The van der Waals surface area contributed by atoms with Gasteiger partial charge in [0.15, 0.2) is 0 Å². The zero-order chi connectivity index (χ0) is 22.1. The number of hydrogen-bond acceptors (Lipinski definition) is 6. The van der Waals surface area contributed by atoms with Crippen molar-refractivity contribution in [2.75, 3.05) is 18.2 Å². The first kappa shape index (κ1) is 20.1. The highest BCUT2D eigenvalue weighted by Crippen LogP contribution is 2.27. The molecule has 2 aromatic heterocycles. The van der Waals surface area contributed by atoms with Crippen molar-refractivity contribution >= 4 is 28.5 Å². The Bertz CT molecular complexity index is 1340. The largest absolute Gasteiger partial charge is 0.496 e. The number of aromatic nitrogens is 3. The highest BCUT2D eigenvalue weighted by atomic mass is 16.5. The number of fused-ring (bicyclic) bond motifs is 1. The van der Waals surface area contributed by atoms with Crippen molar-refractivity contribution in [3.63, 3.8) is 0 Å². The van der Waals surface area contributed by atoms with Gasteiger partial charge < -0.3 is 15.8 Å². The topological polar surface area (TPSA) is 118 Å². The van der Waals surface area contributed by atoms with Crippen LogP contribution in [0.1, 0.15) is 35.6 Å². The van der Waals surface area contributed by atoms with Gasteiger partial charge in [-0.2, -0.15) is 0 Å². The van der Waals surface area contributed by atoms with Gasteiger partial charge in [-0.15, -0.1) is 5.10 Å². The van der Waals surface area contributed by atoms with Gasteiger partial charge in [0.05, 0.1) is 35.8 Å². The highest BCUT2D eigenvalue weighted by Gasteiger charge is 2.18. The van der Waals surface area contributed by atoms with E-state index in [4.69, 9.17) is 15.9 Å². The van der Waals surface area contributed by atoms with E-state index in [0.717, 1.165) is 11.1 Å². The Morgan fingerprint density at radius 1 is 1.16 bits per heavy atom. The fraction of sp³-hybridized carbons (Fsp3) is 0.130. The molecule has 4 N–H and O–H groups in total. The quantitative estimate of drug-likeness (QED) is 0.333. The van der Waals surface area contributed by atoms with Crippen molar-refractivity contribution in [2.24, 2.45) is 0 Å². The summed E-state index contributed by atoms with van der Waals surface area (Å²) < 4.78 is 7.00. The minimum Gasteiger partial charge on any atom is -0.496 e. The summed E-state index contributed by atoms with van der Waals surface area (Å²) in [5.41, 5.74) is 11.3. The summed E-state index contributed by atoms with van der Waals surface area (Å²) in [4.78, 5) is 13.1. The number of para-hydroxylation sites is 1. The van der Waals surface area contributed by atoms with Crippen LogP contribution in [-0.4, -0.2) is 33.6 Å². The van der Waals surface area contributed by atoms with Gasteiger partial charge in [0.25, 0.3) is 5.91 Å². The number of carbonyl (C=O) groups excluding carboxylic acids is 1. The van der Waals surface area contributed by atoms with E-state index in [1.807, 2.05) is 32.0 Å². The molecule has 0 radical (unpaired) electrons. The Balaban J connectivity index is 0.00000193. The number of benzene rings is 2. The summed E-state index contributed by atoms with van der Waals surface area (Å²) in [6.45, 7) is 3.70. The van der Waals surface area contributed by atoms with Crippen molar-refractivity contribution in [3.8, 4) is 5.75 Å². The van der Waals surface area contributed by atoms with Gasteiger partial charge >= 0.3 is 0 Å². The molecule has 31 heavy (non-hydrogen) atoms. The van der Waals surface area contributed by atoms with E-state index in [-0.39, 0.29) is 14.5 Å².